The molecule has 1 aliphatic heterocycles. The summed E-state index contributed by atoms with van der Waals surface area (Å²) in [7, 11) is 0. The summed E-state index contributed by atoms with van der Waals surface area (Å²) in [6, 6.07) is 8.79. The van der Waals surface area contributed by atoms with E-state index in [9.17, 15) is 14.0 Å². The van der Waals surface area contributed by atoms with Crippen LogP contribution in [0.1, 0.15) is 23.7 Å². The van der Waals surface area contributed by atoms with E-state index < -0.39 is 11.7 Å². The van der Waals surface area contributed by atoms with Crippen LogP contribution in [0.25, 0.3) is 0 Å². The molecule has 0 atom stereocenters. The fourth-order valence-electron chi connectivity index (χ4n) is 2.42. The standard InChI is InChI=1S/C18H17FN2O4/c1-11(22)20-12-3-5-15(19)14(9-12)18(23)21-13-4-6-16-17(10-13)25-8-2-7-24-16/h3-6,9-10H,2,7-8H2,1H3,(H,20,22)(H,21,23). The quantitative estimate of drug-likeness (QED) is 0.896. The molecular weight excluding hydrogens is 327 g/mol. The summed E-state index contributed by atoms with van der Waals surface area (Å²) < 4.78 is 25.1. The molecule has 1 heterocycles. The molecule has 130 valence electrons. The van der Waals surface area contributed by atoms with Crippen molar-refractivity contribution in [1.29, 1.82) is 0 Å². The van der Waals surface area contributed by atoms with E-state index in [4.69, 9.17) is 9.47 Å². The Morgan fingerprint density at radius 2 is 1.64 bits per heavy atom. The molecule has 25 heavy (non-hydrogen) atoms. The Kier molecular flexibility index (Phi) is 4.83. The van der Waals surface area contributed by atoms with Gasteiger partial charge in [0.1, 0.15) is 5.82 Å². The van der Waals surface area contributed by atoms with Crippen LogP contribution >= 0.6 is 0 Å². The van der Waals surface area contributed by atoms with Crippen molar-refractivity contribution in [3.05, 3.63) is 47.8 Å². The molecule has 2 amide bonds. The van der Waals surface area contributed by atoms with Gasteiger partial charge in [-0.25, -0.2) is 4.39 Å². The molecule has 0 radical (unpaired) electrons. The second kappa shape index (κ2) is 7.21. The molecule has 0 saturated heterocycles. The van der Waals surface area contributed by atoms with Gasteiger partial charge in [0.05, 0.1) is 18.8 Å². The van der Waals surface area contributed by atoms with Crippen molar-refractivity contribution in [2.24, 2.45) is 0 Å². The van der Waals surface area contributed by atoms with Crippen LogP contribution in [-0.4, -0.2) is 25.0 Å². The zero-order valence-corrected chi connectivity index (χ0v) is 13.6. The lowest BCUT2D eigenvalue weighted by Gasteiger charge is -2.11. The maximum atomic E-state index is 14.0. The van der Waals surface area contributed by atoms with Crippen LogP contribution in [0.15, 0.2) is 36.4 Å². The monoisotopic (exact) mass is 344 g/mol. The van der Waals surface area contributed by atoms with E-state index in [1.54, 1.807) is 18.2 Å². The van der Waals surface area contributed by atoms with Gasteiger partial charge in [0, 0.05) is 30.8 Å². The molecule has 3 rings (SSSR count). The van der Waals surface area contributed by atoms with Crippen LogP contribution in [0.4, 0.5) is 15.8 Å². The van der Waals surface area contributed by atoms with E-state index in [0.29, 0.717) is 36.1 Å². The Bertz CT molecular complexity index is 823. The first kappa shape index (κ1) is 16.8. The van der Waals surface area contributed by atoms with Gasteiger partial charge in [0.25, 0.3) is 5.91 Å². The molecule has 0 saturated carbocycles. The number of anilines is 2. The summed E-state index contributed by atoms with van der Waals surface area (Å²) in [6.45, 7) is 2.43. The molecule has 2 N–H and O–H groups in total. The van der Waals surface area contributed by atoms with Crippen molar-refractivity contribution in [3.8, 4) is 11.5 Å². The minimum Gasteiger partial charge on any atom is -0.490 e. The number of ether oxygens (including phenoxy) is 2. The predicted molar refractivity (Wildman–Crippen MR) is 90.7 cm³/mol. The van der Waals surface area contributed by atoms with Crippen LogP contribution in [0.3, 0.4) is 0 Å². The lowest BCUT2D eigenvalue weighted by molar-refractivity contribution is -0.114. The Labute approximate surface area is 143 Å². The van der Waals surface area contributed by atoms with Gasteiger partial charge >= 0.3 is 0 Å². The maximum Gasteiger partial charge on any atom is 0.258 e. The van der Waals surface area contributed by atoms with Crippen LogP contribution in [0.2, 0.25) is 0 Å². The minimum atomic E-state index is -0.680. The zero-order chi connectivity index (χ0) is 17.8. The third-order valence-electron chi connectivity index (χ3n) is 3.54. The number of amides is 2. The van der Waals surface area contributed by atoms with Crippen molar-refractivity contribution in [2.75, 3.05) is 23.8 Å². The fourth-order valence-corrected chi connectivity index (χ4v) is 2.42. The summed E-state index contributed by atoms with van der Waals surface area (Å²) in [4.78, 5) is 23.5. The van der Waals surface area contributed by atoms with Gasteiger partial charge in [0.15, 0.2) is 11.5 Å². The number of carbonyl (C=O) groups excluding carboxylic acids is 2. The summed E-state index contributed by atoms with van der Waals surface area (Å²) in [5, 5.41) is 5.14. The van der Waals surface area contributed by atoms with E-state index >= 15 is 0 Å². The van der Waals surface area contributed by atoms with Gasteiger partial charge < -0.3 is 20.1 Å². The molecule has 0 spiro atoms. The second-order valence-corrected chi connectivity index (χ2v) is 5.54. The largest absolute Gasteiger partial charge is 0.490 e. The first-order valence-corrected chi connectivity index (χ1v) is 7.81. The Morgan fingerprint density at radius 1 is 0.960 bits per heavy atom. The Balaban J connectivity index is 1.80. The van der Waals surface area contributed by atoms with Crippen LogP contribution in [0, 0.1) is 5.82 Å². The first-order chi connectivity index (χ1) is 12.0. The van der Waals surface area contributed by atoms with Crippen LogP contribution in [0.5, 0.6) is 11.5 Å². The molecule has 1 aliphatic rings. The second-order valence-electron chi connectivity index (χ2n) is 5.54. The lowest BCUT2D eigenvalue weighted by Crippen LogP contribution is -2.15. The summed E-state index contributed by atoms with van der Waals surface area (Å²) >= 11 is 0. The number of benzene rings is 2. The van der Waals surface area contributed by atoms with Crippen LogP contribution in [-0.2, 0) is 4.79 Å². The number of carbonyl (C=O) groups is 2. The number of hydrogen-bond acceptors (Lipinski definition) is 4. The molecule has 0 aromatic heterocycles. The third-order valence-corrected chi connectivity index (χ3v) is 3.54. The topological polar surface area (TPSA) is 76.7 Å². The molecule has 2 aromatic carbocycles. The zero-order valence-electron chi connectivity index (χ0n) is 13.6. The van der Waals surface area contributed by atoms with E-state index in [1.165, 1.54) is 19.1 Å². The Hall–Kier alpha value is -3.09. The fraction of sp³-hybridized carbons (Fsp3) is 0.222. The van der Waals surface area contributed by atoms with Gasteiger partial charge in [-0.2, -0.15) is 0 Å². The molecule has 2 aromatic rings. The molecule has 0 fully saturated rings. The van der Waals surface area contributed by atoms with E-state index in [1.807, 2.05) is 0 Å². The van der Waals surface area contributed by atoms with Crippen LogP contribution < -0.4 is 20.1 Å². The van der Waals surface area contributed by atoms with Gasteiger partial charge in [-0.15, -0.1) is 0 Å². The maximum absolute atomic E-state index is 14.0. The molecule has 0 bridgehead atoms. The lowest BCUT2D eigenvalue weighted by atomic mass is 10.1. The van der Waals surface area contributed by atoms with E-state index in [0.717, 1.165) is 12.5 Å². The highest BCUT2D eigenvalue weighted by atomic mass is 19.1. The number of hydrogen-bond donors (Lipinski definition) is 2. The highest BCUT2D eigenvalue weighted by Gasteiger charge is 2.16. The van der Waals surface area contributed by atoms with Gasteiger partial charge in [-0.3, -0.25) is 9.59 Å². The summed E-state index contributed by atoms with van der Waals surface area (Å²) in [5.41, 5.74) is 0.634. The van der Waals surface area contributed by atoms with Crippen molar-refractivity contribution >= 4 is 23.2 Å². The summed E-state index contributed by atoms with van der Waals surface area (Å²) in [6.07, 6.45) is 0.775. The number of rotatable bonds is 3. The highest BCUT2D eigenvalue weighted by molar-refractivity contribution is 6.05. The predicted octanol–water partition coefficient (Wildman–Crippen LogP) is 3.20. The van der Waals surface area contributed by atoms with Crippen molar-refractivity contribution in [3.63, 3.8) is 0 Å². The average molecular weight is 344 g/mol. The van der Waals surface area contributed by atoms with E-state index in [-0.39, 0.29) is 11.5 Å². The molecule has 7 heteroatoms. The molecule has 6 nitrogen and oxygen atoms in total. The average Bonchev–Trinajstić information content (AvgIpc) is 2.81. The number of nitrogens with one attached hydrogen (secondary N) is 2. The first-order valence-electron chi connectivity index (χ1n) is 7.81. The van der Waals surface area contributed by atoms with Gasteiger partial charge in [-0.05, 0) is 30.3 Å². The normalized spacial score (nSPS) is 12.9. The SMILES string of the molecule is CC(=O)Nc1ccc(F)c(C(=O)Nc2ccc3c(c2)OCCCO3)c1. The van der Waals surface area contributed by atoms with E-state index in [2.05, 4.69) is 10.6 Å². The van der Waals surface area contributed by atoms with Gasteiger partial charge in [0.2, 0.25) is 5.91 Å². The Morgan fingerprint density at radius 3 is 2.40 bits per heavy atom. The molecule has 0 unspecified atom stereocenters. The summed E-state index contributed by atoms with van der Waals surface area (Å²) in [5.74, 6) is -0.474. The highest BCUT2D eigenvalue weighted by Crippen LogP contribution is 2.32. The van der Waals surface area contributed by atoms with Crippen molar-refractivity contribution in [1.82, 2.24) is 0 Å². The van der Waals surface area contributed by atoms with Gasteiger partial charge in [-0.1, -0.05) is 0 Å². The van der Waals surface area contributed by atoms with Crippen molar-refractivity contribution < 1.29 is 23.5 Å². The molecular formula is C18H17FN2O4. The molecule has 0 aliphatic carbocycles. The smallest absolute Gasteiger partial charge is 0.258 e. The minimum absolute atomic E-state index is 0.168. The van der Waals surface area contributed by atoms with Crippen molar-refractivity contribution in [2.45, 2.75) is 13.3 Å². The third kappa shape index (κ3) is 4.06. The number of halogens is 1. The number of fused-ring (bicyclic) bond motifs is 1.